The lowest BCUT2D eigenvalue weighted by Crippen LogP contribution is -2.39. The Balaban J connectivity index is 1.85. The number of rotatable bonds is 7. The van der Waals surface area contributed by atoms with Crippen LogP contribution in [0, 0.1) is 27.7 Å². The molecule has 150 valence electrons. The highest BCUT2D eigenvalue weighted by Gasteiger charge is 2.15. The predicted octanol–water partition coefficient (Wildman–Crippen LogP) is 3.67. The van der Waals surface area contributed by atoms with E-state index in [0.29, 0.717) is 0 Å². The number of amides is 2. The zero-order valence-corrected chi connectivity index (χ0v) is 17.7. The molecule has 2 amide bonds. The summed E-state index contributed by atoms with van der Waals surface area (Å²) in [4.78, 5) is 26.4. The second kappa shape index (κ2) is 9.51. The minimum absolute atomic E-state index is 0.0797. The Labute approximate surface area is 168 Å². The number of carbonyl (C=O) groups excluding carboxylic acids is 2. The number of carbonyl (C=O) groups is 2. The fourth-order valence-corrected chi connectivity index (χ4v) is 3.03. The summed E-state index contributed by atoms with van der Waals surface area (Å²) in [5.41, 5.74) is 6.51. The number of aryl methyl sites for hydroxylation is 3. The van der Waals surface area contributed by atoms with Crippen molar-refractivity contribution in [2.75, 3.05) is 25.5 Å². The first-order chi connectivity index (χ1) is 13.2. The summed E-state index contributed by atoms with van der Waals surface area (Å²) >= 11 is 0. The molecule has 0 heterocycles. The van der Waals surface area contributed by atoms with Crippen molar-refractivity contribution >= 4 is 17.5 Å². The molecule has 28 heavy (non-hydrogen) atoms. The third kappa shape index (κ3) is 5.92. The summed E-state index contributed by atoms with van der Waals surface area (Å²) in [6.07, 6.45) is 0. The van der Waals surface area contributed by atoms with Crippen LogP contribution >= 0.6 is 0 Å². The van der Waals surface area contributed by atoms with Crippen LogP contribution in [0.15, 0.2) is 36.4 Å². The van der Waals surface area contributed by atoms with Crippen molar-refractivity contribution in [1.29, 1.82) is 0 Å². The monoisotopic (exact) mass is 381 g/mol. The van der Waals surface area contributed by atoms with Crippen molar-refractivity contribution in [3.63, 3.8) is 0 Å². The second-order valence-electron chi connectivity index (χ2n) is 7.60. The largest absolute Gasteiger partial charge is 0.348 e. The van der Waals surface area contributed by atoms with Crippen LogP contribution < -0.4 is 10.6 Å². The number of likely N-dealkylation sites (N-methyl/N-ethyl adjacent to an activating group) is 1. The van der Waals surface area contributed by atoms with Crippen LogP contribution in [0.5, 0.6) is 0 Å². The van der Waals surface area contributed by atoms with Gasteiger partial charge in [-0.05, 0) is 75.5 Å². The summed E-state index contributed by atoms with van der Waals surface area (Å²) < 4.78 is 0. The standard InChI is InChI=1S/C23H31N3O2/c1-15-10-11-20(12-17(15)3)19(5)24-22(27)13-26(6)14-23(28)25-21-9-7-8-16(2)18(21)4/h7-12,19H,13-14H2,1-6H3,(H,24,27)(H,25,28)/t19-/m0/s1. The molecule has 0 unspecified atom stereocenters. The van der Waals surface area contributed by atoms with E-state index in [9.17, 15) is 9.59 Å². The topological polar surface area (TPSA) is 61.4 Å². The molecule has 0 saturated carbocycles. The number of hydrogen-bond acceptors (Lipinski definition) is 3. The highest BCUT2D eigenvalue weighted by Crippen LogP contribution is 2.18. The van der Waals surface area contributed by atoms with Gasteiger partial charge in [0.2, 0.25) is 11.8 Å². The molecule has 1 atom stereocenters. The molecule has 2 N–H and O–H groups in total. The molecule has 0 aliphatic rings. The lowest BCUT2D eigenvalue weighted by molar-refractivity contribution is -0.123. The fourth-order valence-electron chi connectivity index (χ4n) is 3.03. The van der Waals surface area contributed by atoms with E-state index in [4.69, 9.17) is 0 Å². The van der Waals surface area contributed by atoms with Crippen LogP contribution in [0.2, 0.25) is 0 Å². The van der Waals surface area contributed by atoms with Gasteiger partial charge in [-0.25, -0.2) is 0 Å². The van der Waals surface area contributed by atoms with Crippen LogP contribution in [0.4, 0.5) is 5.69 Å². The maximum atomic E-state index is 12.3. The first-order valence-corrected chi connectivity index (χ1v) is 9.58. The molecule has 0 saturated heterocycles. The quantitative estimate of drug-likeness (QED) is 0.769. The molecule has 0 radical (unpaired) electrons. The Hall–Kier alpha value is -2.66. The van der Waals surface area contributed by atoms with Gasteiger partial charge in [-0.15, -0.1) is 0 Å². The zero-order chi connectivity index (χ0) is 20.8. The Morgan fingerprint density at radius 2 is 1.61 bits per heavy atom. The maximum Gasteiger partial charge on any atom is 0.238 e. The highest BCUT2D eigenvalue weighted by molar-refractivity contribution is 5.93. The van der Waals surface area contributed by atoms with Gasteiger partial charge in [0, 0.05) is 5.69 Å². The lowest BCUT2D eigenvalue weighted by atomic mass is 10.0. The van der Waals surface area contributed by atoms with Gasteiger partial charge in [0.1, 0.15) is 0 Å². The molecular weight excluding hydrogens is 350 g/mol. The first-order valence-electron chi connectivity index (χ1n) is 9.58. The van der Waals surface area contributed by atoms with Gasteiger partial charge >= 0.3 is 0 Å². The maximum absolute atomic E-state index is 12.3. The minimum Gasteiger partial charge on any atom is -0.348 e. The Kier molecular flexibility index (Phi) is 7.35. The zero-order valence-electron chi connectivity index (χ0n) is 17.7. The van der Waals surface area contributed by atoms with Gasteiger partial charge in [0.15, 0.2) is 0 Å². The van der Waals surface area contributed by atoms with Crippen LogP contribution in [-0.2, 0) is 9.59 Å². The summed E-state index contributed by atoms with van der Waals surface area (Å²) in [5, 5.41) is 5.92. The molecule has 0 aliphatic heterocycles. The first kappa shape index (κ1) is 21.6. The van der Waals surface area contributed by atoms with Crippen LogP contribution in [0.3, 0.4) is 0 Å². The van der Waals surface area contributed by atoms with Crippen molar-refractivity contribution in [2.24, 2.45) is 0 Å². The predicted molar refractivity (Wildman–Crippen MR) is 115 cm³/mol. The van der Waals surface area contributed by atoms with Gasteiger partial charge in [-0.2, -0.15) is 0 Å². The Morgan fingerprint density at radius 3 is 2.29 bits per heavy atom. The van der Waals surface area contributed by atoms with Crippen molar-refractivity contribution in [1.82, 2.24) is 10.2 Å². The van der Waals surface area contributed by atoms with Gasteiger partial charge in [-0.1, -0.05) is 30.3 Å². The molecule has 0 aliphatic carbocycles. The Morgan fingerprint density at radius 1 is 0.929 bits per heavy atom. The average molecular weight is 382 g/mol. The molecule has 2 rings (SSSR count). The number of hydrogen-bond donors (Lipinski definition) is 2. The van der Waals surface area contributed by atoms with E-state index in [1.165, 1.54) is 11.1 Å². The van der Waals surface area contributed by atoms with Crippen LogP contribution in [0.1, 0.15) is 40.8 Å². The van der Waals surface area contributed by atoms with Crippen LogP contribution in [0.25, 0.3) is 0 Å². The van der Waals surface area contributed by atoms with E-state index < -0.39 is 0 Å². The number of anilines is 1. The molecule has 5 nitrogen and oxygen atoms in total. The number of nitrogens with one attached hydrogen (secondary N) is 2. The van der Waals surface area contributed by atoms with E-state index in [2.05, 4.69) is 36.6 Å². The van der Waals surface area contributed by atoms with Gasteiger partial charge in [0.05, 0.1) is 19.1 Å². The van der Waals surface area contributed by atoms with Crippen molar-refractivity contribution in [2.45, 2.75) is 40.7 Å². The normalized spacial score (nSPS) is 12.0. The molecule has 0 aromatic heterocycles. The van der Waals surface area contributed by atoms with Crippen molar-refractivity contribution in [3.8, 4) is 0 Å². The van der Waals surface area contributed by atoms with E-state index in [-0.39, 0.29) is 30.9 Å². The smallest absolute Gasteiger partial charge is 0.238 e. The van der Waals surface area contributed by atoms with Gasteiger partial charge < -0.3 is 10.6 Å². The van der Waals surface area contributed by atoms with Crippen molar-refractivity contribution in [3.05, 3.63) is 64.2 Å². The summed E-state index contributed by atoms with van der Waals surface area (Å²) in [7, 11) is 1.77. The van der Waals surface area contributed by atoms with E-state index in [1.807, 2.05) is 45.0 Å². The average Bonchev–Trinajstić information content (AvgIpc) is 2.60. The highest BCUT2D eigenvalue weighted by atomic mass is 16.2. The number of benzene rings is 2. The SMILES string of the molecule is Cc1ccc([C@H](C)NC(=O)CN(C)CC(=O)Nc2cccc(C)c2C)cc1C. The molecule has 2 aromatic carbocycles. The second-order valence-corrected chi connectivity index (χ2v) is 7.60. The van der Waals surface area contributed by atoms with Gasteiger partial charge in [0.25, 0.3) is 0 Å². The van der Waals surface area contributed by atoms with Gasteiger partial charge in [-0.3, -0.25) is 14.5 Å². The summed E-state index contributed by atoms with van der Waals surface area (Å²) in [5.74, 6) is -0.237. The summed E-state index contributed by atoms with van der Waals surface area (Å²) in [6.45, 7) is 10.4. The molecule has 0 spiro atoms. The van der Waals surface area contributed by atoms with Crippen LogP contribution in [-0.4, -0.2) is 36.9 Å². The Bertz CT molecular complexity index is 861. The minimum atomic E-state index is -0.133. The van der Waals surface area contributed by atoms with E-state index in [0.717, 1.165) is 22.4 Å². The molecule has 0 fully saturated rings. The molecular formula is C23H31N3O2. The molecule has 0 bridgehead atoms. The lowest BCUT2D eigenvalue weighted by Gasteiger charge is -2.20. The fraction of sp³-hybridized carbons (Fsp3) is 0.391. The summed E-state index contributed by atoms with van der Waals surface area (Å²) in [6, 6.07) is 11.9. The van der Waals surface area contributed by atoms with Crippen molar-refractivity contribution < 1.29 is 9.59 Å². The molecule has 2 aromatic rings. The third-order valence-electron chi connectivity index (χ3n) is 5.11. The third-order valence-corrected chi connectivity index (χ3v) is 5.11. The molecule has 5 heteroatoms. The van der Waals surface area contributed by atoms with E-state index in [1.54, 1.807) is 11.9 Å². The number of nitrogens with zero attached hydrogens (tertiary/aromatic N) is 1. The van der Waals surface area contributed by atoms with E-state index >= 15 is 0 Å².